The molecule has 0 aromatic heterocycles. The van der Waals surface area contributed by atoms with E-state index < -0.39 is 12.0 Å². The van der Waals surface area contributed by atoms with Crippen LogP contribution in [0.3, 0.4) is 0 Å². The molecule has 0 saturated carbocycles. The summed E-state index contributed by atoms with van der Waals surface area (Å²) in [5, 5.41) is 0. The van der Waals surface area contributed by atoms with E-state index in [4.69, 9.17) is 4.74 Å². The van der Waals surface area contributed by atoms with E-state index in [1.54, 1.807) is 14.1 Å². The Labute approximate surface area is 78.2 Å². The Morgan fingerprint density at radius 2 is 2.08 bits per heavy atom. The highest BCUT2D eigenvalue weighted by molar-refractivity contribution is 6.01. The van der Waals surface area contributed by atoms with Crippen LogP contribution in [-0.2, 0) is 14.3 Å². The zero-order valence-electron chi connectivity index (χ0n) is 8.24. The summed E-state index contributed by atoms with van der Waals surface area (Å²) >= 11 is 0. The number of carbonyl (C=O) groups excluding carboxylic acids is 2. The maximum Gasteiger partial charge on any atom is 0.331 e. The number of ether oxygens (including phenoxy) is 1. The Hall–Kier alpha value is -1.16. The Morgan fingerprint density at radius 1 is 1.54 bits per heavy atom. The number of rotatable bonds is 5. The van der Waals surface area contributed by atoms with E-state index in [2.05, 4.69) is 6.58 Å². The lowest BCUT2D eigenvalue weighted by atomic mass is 10.2. The van der Waals surface area contributed by atoms with Crippen LogP contribution in [0.1, 0.15) is 6.92 Å². The molecule has 4 heteroatoms. The van der Waals surface area contributed by atoms with Crippen LogP contribution in [0.4, 0.5) is 0 Å². The van der Waals surface area contributed by atoms with Crippen LogP contribution in [0.15, 0.2) is 12.7 Å². The molecule has 74 valence electrons. The summed E-state index contributed by atoms with van der Waals surface area (Å²) < 4.78 is 4.76. The molecule has 0 aliphatic rings. The van der Waals surface area contributed by atoms with Crippen molar-refractivity contribution < 1.29 is 14.3 Å². The second kappa shape index (κ2) is 5.48. The Kier molecular flexibility index (Phi) is 4.99. The van der Waals surface area contributed by atoms with Gasteiger partial charge in [0.1, 0.15) is 6.61 Å². The summed E-state index contributed by atoms with van der Waals surface area (Å²) in [6, 6.07) is -0.806. The fourth-order valence-electron chi connectivity index (χ4n) is 0.960. The smallest absolute Gasteiger partial charge is 0.331 e. The zero-order chi connectivity index (χ0) is 10.4. The van der Waals surface area contributed by atoms with Crippen LogP contribution in [-0.4, -0.2) is 43.4 Å². The predicted octanol–water partition coefficient (Wildman–Crippen LogP) is 0.235. The van der Waals surface area contributed by atoms with Gasteiger partial charge < -0.3 is 4.74 Å². The van der Waals surface area contributed by atoms with Crippen molar-refractivity contribution in [3.63, 3.8) is 0 Å². The highest BCUT2D eigenvalue weighted by Crippen LogP contribution is 1.98. The van der Waals surface area contributed by atoms with Crippen molar-refractivity contribution in [1.82, 2.24) is 4.90 Å². The standard InChI is InChI=1S/C9H15NO3/c1-5-6-13-9(12)8(7(2)11)10(3)4/h5,8H,1,6H2,2-4H3. The molecule has 4 nitrogen and oxygen atoms in total. The van der Waals surface area contributed by atoms with Crippen molar-refractivity contribution in [2.75, 3.05) is 20.7 Å². The van der Waals surface area contributed by atoms with Crippen LogP contribution in [0.2, 0.25) is 0 Å². The van der Waals surface area contributed by atoms with Gasteiger partial charge in [-0.2, -0.15) is 0 Å². The first-order valence-electron chi connectivity index (χ1n) is 3.95. The van der Waals surface area contributed by atoms with Gasteiger partial charge in [0.2, 0.25) is 0 Å². The molecule has 0 fully saturated rings. The zero-order valence-corrected chi connectivity index (χ0v) is 8.24. The van der Waals surface area contributed by atoms with Crippen LogP contribution in [0.5, 0.6) is 0 Å². The monoisotopic (exact) mass is 185 g/mol. The minimum atomic E-state index is -0.806. The van der Waals surface area contributed by atoms with Gasteiger partial charge in [-0.25, -0.2) is 4.79 Å². The minimum absolute atomic E-state index is 0.135. The maximum absolute atomic E-state index is 11.3. The Morgan fingerprint density at radius 3 is 2.38 bits per heavy atom. The third kappa shape index (κ3) is 3.85. The second-order valence-electron chi connectivity index (χ2n) is 2.90. The summed E-state index contributed by atoms with van der Waals surface area (Å²) in [6.07, 6.45) is 1.46. The molecule has 1 unspecified atom stereocenters. The predicted molar refractivity (Wildman–Crippen MR) is 49.3 cm³/mol. The average molecular weight is 185 g/mol. The van der Waals surface area contributed by atoms with Gasteiger partial charge in [0.15, 0.2) is 11.8 Å². The summed E-state index contributed by atoms with van der Waals surface area (Å²) in [7, 11) is 3.31. The number of nitrogens with zero attached hydrogens (tertiary/aromatic N) is 1. The first-order valence-corrected chi connectivity index (χ1v) is 3.95. The first-order chi connectivity index (χ1) is 6.00. The number of carbonyl (C=O) groups is 2. The van der Waals surface area contributed by atoms with Gasteiger partial charge in [-0.15, -0.1) is 0 Å². The number of hydrogen-bond acceptors (Lipinski definition) is 4. The molecule has 0 rings (SSSR count). The van der Waals surface area contributed by atoms with E-state index in [9.17, 15) is 9.59 Å². The van der Waals surface area contributed by atoms with Gasteiger partial charge in [0.05, 0.1) is 0 Å². The molecule has 0 spiro atoms. The summed E-state index contributed by atoms with van der Waals surface area (Å²) in [5.74, 6) is -0.753. The summed E-state index contributed by atoms with van der Waals surface area (Å²) in [5.41, 5.74) is 0. The van der Waals surface area contributed by atoms with E-state index in [-0.39, 0.29) is 12.4 Å². The van der Waals surface area contributed by atoms with Gasteiger partial charge >= 0.3 is 5.97 Å². The minimum Gasteiger partial charge on any atom is -0.460 e. The molecular weight excluding hydrogens is 170 g/mol. The number of esters is 1. The van der Waals surface area contributed by atoms with E-state index in [0.29, 0.717) is 0 Å². The lowest BCUT2D eigenvalue weighted by Crippen LogP contribution is -2.42. The first kappa shape index (κ1) is 11.8. The van der Waals surface area contributed by atoms with Gasteiger partial charge in [-0.3, -0.25) is 9.69 Å². The summed E-state index contributed by atoms with van der Waals surface area (Å²) in [6.45, 7) is 4.90. The third-order valence-electron chi connectivity index (χ3n) is 1.47. The van der Waals surface area contributed by atoms with E-state index >= 15 is 0 Å². The molecular formula is C9H15NO3. The molecule has 1 atom stereocenters. The molecule has 0 aliphatic heterocycles. The normalized spacial score (nSPS) is 12.3. The Bertz CT molecular complexity index is 211. The maximum atomic E-state index is 11.3. The van der Waals surface area contributed by atoms with Gasteiger partial charge in [-0.05, 0) is 21.0 Å². The topological polar surface area (TPSA) is 46.6 Å². The molecule has 0 saturated heterocycles. The fraction of sp³-hybridized carbons (Fsp3) is 0.556. The molecule has 0 N–H and O–H groups in total. The highest BCUT2D eigenvalue weighted by atomic mass is 16.5. The van der Waals surface area contributed by atoms with Crippen LogP contribution in [0.25, 0.3) is 0 Å². The lowest BCUT2D eigenvalue weighted by Gasteiger charge is -2.19. The van der Waals surface area contributed by atoms with Gasteiger partial charge in [-0.1, -0.05) is 12.7 Å². The molecule has 0 amide bonds. The largest absolute Gasteiger partial charge is 0.460 e. The molecule has 0 bridgehead atoms. The molecule has 0 radical (unpaired) electrons. The van der Waals surface area contributed by atoms with Gasteiger partial charge in [0, 0.05) is 0 Å². The quantitative estimate of drug-likeness (QED) is 0.349. The molecule has 13 heavy (non-hydrogen) atoms. The number of hydrogen-bond donors (Lipinski definition) is 0. The third-order valence-corrected chi connectivity index (χ3v) is 1.47. The average Bonchev–Trinajstić information content (AvgIpc) is 1.99. The molecule has 0 aromatic rings. The lowest BCUT2D eigenvalue weighted by molar-refractivity contribution is -0.151. The van der Waals surface area contributed by atoms with Crippen molar-refractivity contribution in [2.45, 2.75) is 13.0 Å². The van der Waals surface area contributed by atoms with E-state index in [1.165, 1.54) is 17.9 Å². The van der Waals surface area contributed by atoms with Crippen LogP contribution < -0.4 is 0 Å². The van der Waals surface area contributed by atoms with Crippen molar-refractivity contribution in [2.24, 2.45) is 0 Å². The molecule has 0 aromatic carbocycles. The molecule has 0 heterocycles. The van der Waals surface area contributed by atoms with Crippen molar-refractivity contribution in [1.29, 1.82) is 0 Å². The SMILES string of the molecule is C=CCOC(=O)C(C(C)=O)N(C)C. The Balaban J connectivity index is 4.29. The second-order valence-corrected chi connectivity index (χ2v) is 2.90. The van der Waals surface area contributed by atoms with Crippen LogP contribution >= 0.6 is 0 Å². The number of ketones is 1. The highest BCUT2D eigenvalue weighted by Gasteiger charge is 2.26. The number of likely N-dealkylation sites (N-methyl/N-ethyl adjacent to an activating group) is 1. The molecule has 0 aliphatic carbocycles. The van der Waals surface area contributed by atoms with Crippen LogP contribution in [0, 0.1) is 0 Å². The number of Topliss-reactive ketones (excluding diaryl/α,β-unsaturated/α-hetero) is 1. The van der Waals surface area contributed by atoms with Crippen molar-refractivity contribution in [3.05, 3.63) is 12.7 Å². The van der Waals surface area contributed by atoms with E-state index in [1.807, 2.05) is 0 Å². The fourth-order valence-corrected chi connectivity index (χ4v) is 0.960. The summed E-state index contributed by atoms with van der Waals surface area (Å²) in [4.78, 5) is 23.8. The van der Waals surface area contributed by atoms with Gasteiger partial charge in [0.25, 0.3) is 0 Å². The van der Waals surface area contributed by atoms with E-state index in [0.717, 1.165) is 0 Å². The van der Waals surface area contributed by atoms with Crippen molar-refractivity contribution in [3.8, 4) is 0 Å². The van der Waals surface area contributed by atoms with Crippen molar-refractivity contribution >= 4 is 11.8 Å².